The zero-order valence-electron chi connectivity index (χ0n) is 13.5. The minimum Gasteiger partial charge on any atom is -0.459 e. The Morgan fingerprint density at radius 1 is 1.38 bits per heavy atom. The van der Waals surface area contributed by atoms with Gasteiger partial charge in [-0.05, 0) is 25.2 Å². The molecule has 2 saturated heterocycles. The number of aromatic nitrogens is 1. The number of ether oxygens (including phenoxy) is 2. The van der Waals surface area contributed by atoms with Crippen molar-refractivity contribution in [2.24, 2.45) is 0 Å². The molecule has 24 heavy (non-hydrogen) atoms. The summed E-state index contributed by atoms with van der Waals surface area (Å²) in [6.07, 6.45) is 3.17. The van der Waals surface area contributed by atoms with Crippen LogP contribution in [0.5, 0.6) is 0 Å². The van der Waals surface area contributed by atoms with Crippen molar-refractivity contribution in [2.45, 2.75) is 31.0 Å². The Labute approximate surface area is 140 Å². The van der Waals surface area contributed by atoms with Crippen LogP contribution in [0.25, 0.3) is 10.9 Å². The lowest BCUT2D eigenvalue weighted by molar-refractivity contribution is -0.0970. The number of carbonyl (C=O) groups is 1. The predicted octanol–water partition coefficient (Wildman–Crippen LogP) is 2.06. The number of aromatic amines is 1. The Morgan fingerprint density at radius 3 is 2.83 bits per heavy atom. The summed E-state index contributed by atoms with van der Waals surface area (Å²) in [4.78, 5) is 18.0. The first-order valence-corrected chi connectivity index (χ1v) is 8.17. The number of morpholine rings is 1. The summed E-state index contributed by atoms with van der Waals surface area (Å²) in [6.45, 7) is 1.39. The topological polar surface area (TPSA) is 78.3 Å². The Hall–Kier alpha value is -2.36. The standard InChI is InChI=1S/C18H19N3O3/c1-21-12-5-14(6-13(21)10-23-9-12)24-18(22)16-8-20-17-3-2-11(7-19)4-15(16)17/h2-4,8,12-14,20H,5-6,9-10H2,1H3/t12-,13+,14-. The summed E-state index contributed by atoms with van der Waals surface area (Å²) in [5.41, 5.74) is 1.85. The van der Waals surface area contributed by atoms with Crippen molar-refractivity contribution in [1.82, 2.24) is 9.88 Å². The number of esters is 1. The number of nitriles is 1. The van der Waals surface area contributed by atoms with Crippen LogP contribution in [0, 0.1) is 11.3 Å². The third-order valence-corrected chi connectivity index (χ3v) is 5.15. The van der Waals surface area contributed by atoms with Crippen LogP contribution in [-0.4, -0.2) is 54.3 Å². The van der Waals surface area contributed by atoms with E-state index < -0.39 is 0 Å². The van der Waals surface area contributed by atoms with Gasteiger partial charge >= 0.3 is 5.97 Å². The average molecular weight is 325 g/mol. The molecule has 3 heterocycles. The molecule has 6 heteroatoms. The van der Waals surface area contributed by atoms with E-state index in [9.17, 15) is 4.79 Å². The van der Waals surface area contributed by atoms with Crippen molar-refractivity contribution < 1.29 is 14.3 Å². The molecule has 0 amide bonds. The first-order chi connectivity index (χ1) is 11.7. The molecule has 2 fully saturated rings. The fraction of sp³-hybridized carbons (Fsp3) is 0.444. The Balaban J connectivity index is 1.54. The molecule has 0 aliphatic carbocycles. The minimum absolute atomic E-state index is 0.0864. The highest BCUT2D eigenvalue weighted by atomic mass is 16.5. The second kappa shape index (κ2) is 5.93. The molecule has 124 valence electrons. The molecule has 0 spiro atoms. The molecule has 2 aliphatic rings. The average Bonchev–Trinajstić information content (AvgIpc) is 2.98. The van der Waals surface area contributed by atoms with E-state index in [1.165, 1.54) is 0 Å². The number of nitrogens with one attached hydrogen (secondary N) is 1. The van der Waals surface area contributed by atoms with Crippen LogP contribution in [0.2, 0.25) is 0 Å². The number of H-pyrrole nitrogens is 1. The van der Waals surface area contributed by atoms with Gasteiger partial charge in [-0.25, -0.2) is 4.79 Å². The third kappa shape index (κ3) is 2.56. The van der Waals surface area contributed by atoms with Gasteiger partial charge in [0.1, 0.15) is 6.10 Å². The number of benzene rings is 1. The third-order valence-electron chi connectivity index (χ3n) is 5.15. The highest BCUT2D eigenvalue weighted by molar-refractivity contribution is 6.04. The molecule has 0 unspecified atom stereocenters. The lowest BCUT2D eigenvalue weighted by Gasteiger charge is -2.46. The molecule has 3 atom stereocenters. The summed E-state index contributed by atoms with van der Waals surface area (Å²) in [6, 6.07) is 7.98. The second-order valence-electron chi connectivity index (χ2n) is 6.58. The lowest BCUT2D eigenvalue weighted by atomic mass is 9.92. The Kier molecular flexibility index (Phi) is 3.75. The number of rotatable bonds is 2. The van der Waals surface area contributed by atoms with E-state index >= 15 is 0 Å². The molecule has 0 radical (unpaired) electrons. The smallest absolute Gasteiger partial charge is 0.340 e. The van der Waals surface area contributed by atoms with Gasteiger partial charge in [0.05, 0.1) is 30.4 Å². The summed E-state index contributed by atoms with van der Waals surface area (Å²) in [5.74, 6) is -0.329. The van der Waals surface area contributed by atoms with E-state index in [0.29, 0.717) is 36.4 Å². The van der Waals surface area contributed by atoms with Crippen LogP contribution in [0.3, 0.4) is 0 Å². The molecule has 1 aromatic carbocycles. The Morgan fingerprint density at radius 2 is 2.12 bits per heavy atom. The molecule has 0 saturated carbocycles. The highest BCUT2D eigenvalue weighted by Gasteiger charge is 2.38. The maximum absolute atomic E-state index is 12.6. The summed E-state index contributed by atoms with van der Waals surface area (Å²) in [5, 5.41) is 9.78. The van der Waals surface area contributed by atoms with Crippen LogP contribution < -0.4 is 0 Å². The largest absolute Gasteiger partial charge is 0.459 e. The van der Waals surface area contributed by atoms with Crippen LogP contribution in [-0.2, 0) is 9.47 Å². The number of nitrogens with zero attached hydrogens (tertiary/aromatic N) is 2. The molecule has 2 bridgehead atoms. The quantitative estimate of drug-likeness (QED) is 0.855. The fourth-order valence-corrected chi connectivity index (χ4v) is 3.72. The number of hydrogen-bond acceptors (Lipinski definition) is 5. The van der Waals surface area contributed by atoms with Crippen molar-refractivity contribution in [1.29, 1.82) is 5.26 Å². The number of hydrogen-bond donors (Lipinski definition) is 1. The van der Waals surface area contributed by atoms with E-state index in [1.807, 2.05) is 6.07 Å². The van der Waals surface area contributed by atoms with E-state index in [2.05, 4.69) is 23.0 Å². The van der Waals surface area contributed by atoms with E-state index in [0.717, 1.165) is 23.7 Å². The number of piperidine rings is 1. The normalized spacial score (nSPS) is 26.9. The van der Waals surface area contributed by atoms with Crippen LogP contribution in [0.1, 0.15) is 28.8 Å². The molecule has 1 aromatic heterocycles. The zero-order chi connectivity index (χ0) is 16.7. The highest BCUT2D eigenvalue weighted by Crippen LogP contribution is 2.29. The SMILES string of the molecule is CN1[C@@H]2COC[C@H]1C[C@@H](OC(=O)c1c[nH]c3ccc(C#N)cc13)C2. The monoisotopic (exact) mass is 325 g/mol. The summed E-state index contributed by atoms with van der Waals surface area (Å²) >= 11 is 0. The minimum atomic E-state index is -0.329. The molecule has 2 aromatic rings. The maximum atomic E-state index is 12.6. The van der Waals surface area contributed by atoms with Gasteiger partial charge < -0.3 is 14.5 Å². The van der Waals surface area contributed by atoms with Crippen molar-refractivity contribution in [2.75, 3.05) is 20.3 Å². The number of carbonyl (C=O) groups excluding carboxylic acids is 1. The van der Waals surface area contributed by atoms with Crippen LogP contribution in [0.15, 0.2) is 24.4 Å². The molecule has 2 aliphatic heterocycles. The first-order valence-electron chi connectivity index (χ1n) is 8.17. The van der Waals surface area contributed by atoms with Gasteiger partial charge in [-0.15, -0.1) is 0 Å². The van der Waals surface area contributed by atoms with Gasteiger partial charge in [0.2, 0.25) is 0 Å². The van der Waals surface area contributed by atoms with E-state index in [1.54, 1.807) is 18.3 Å². The van der Waals surface area contributed by atoms with Gasteiger partial charge in [0.25, 0.3) is 0 Å². The first kappa shape index (κ1) is 15.2. The number of likely N-dealkylation sites (N-methyl/N-ethyl adjacent to an activating group) is 1. The van der Waals surface area contributed by atoms with Crippen molar-refractivity contribution in [3.63, 3.8) is 0 Å². The molecule has 6 nitrogen and oxygen atoms in total. The maximum Gasteiger partial charge on any atom is 0.340 e. The van der Waals surface area contributed by atoms with Crippen molar-refractivity contribution in [3.8, 4) is 6.07 Å². The van der Waals surface area contributed by atoms with E-state index in [-0.39, 0.29) is 12.1 Å². The lowest BCUT2D eigenvalue weighted by Crippen LogP contribution is -2.56. The summed E-state index contributed by atoms with van der Waals surface area (Å²) < 4.78 is 11.4. The van der Waals surface area contributed by atoms with Gasteiger partial charge in [0, 0.05) is 42.0 Å². The fourth-order valence-electron chi connectivity index (χ4n) is 3.72. The molecule has 4 rings (SSSR count). The van der Waals surface area contributed by atoms with Crippen molar-refractivity contribution in [3.05, 3.63) is 35.5 Å². The molecular weight excluding hydrogens is 306 g/mol. The summed E-state index contributed by atoms with van der Waals surface area (Å²) in [7, 11) is 2.11. The Bertz CT molecular complexity index is 809. The van der Waals surface area contributed by atoms with Crippen molar-refractivity contribution >= 4 is 16.9 Å². The van der Waals surface area contributed by atoms with Gasteiger partial charge in [-0.3, -0.25) is 4.90 Å². The predicted molar refractivity (Wildman–Crippen MR) is 87.6 cm³/mol. The van der Waals surface area contributed by atoms with E-state index in [4.69, 9.17) is 14.7 Å². The second-order valence-corrected chi connectivity index (χ2v) is 6.58. The number of fused-ring (bicyclic) bond motifs is 3. The van der Waals surface area contributed by atoms with Crippen LogP contribution >= 0.6 is 0 Å². The van der Waals surface area contributed by atoms with Gasteiger partial charge in [0.15, 0.2) is 0 Å². The molecule has 1 N–H and O–H groups in total. The van der Waals surface area contributed by atoms with Crippen LogP contribution in [0.4, 0.5) is 0 Å². The zero-order valence-corrected chi connectivity index (χ0v) is 13.5. The molecular formula is C18H19N3O3. The van der Waals surface area contributed by atoms with Gasteiger partial charge in [-0.2, -0.15) is 5.26 Å². The van der Waals surface area contributed by atoms with Gasteiger partial charge in [-0.1, -0.05) is 0 Å².